The van der Waals surface area contributed by atoms with Crippen LogP contribution >= 0.6 is 9.24 Å². The predicted octanol–water partition coefficient (Wildman–Crippen LogP) is 1.86. The van der Waals surface area contributed by atoms with E-state index in [0.29, 0.717) is 5.82 Å². The summed E-state index contributed by atoms with van der Waals surface area (Å²) in [7, 11) is 8.38. The zero-order valence-corrected chi connectivity index (χ0v) is 7.09. The lowest BCUT2D eigenvalue weighted by molar-refractivity contribution is 0.408. The minimum Gasteiger partial charge on any atom is -0.137 e. The SMILES string of the molecule is [B][C@@H](C)C(C)(C)CP. The van der Waals surface area contributed by atoms with Crippen LogP contribution in [0.15, 0.2) is 0 Å². The first kappa shape index (κ1) is 8.49. The summed E-state index contributed by atoms with van der Waals surface area (Å²) >= 11 is 0. The maximum atomic E-state index is 5.67. The molecule has 0 amide bonds. The second kappa shape index (κ2) is 2.87. The van der Waals surface area contributed by atoms with Gasteiger partial charge in [0.1, 0.15) is 0 Å². The molecule has 2 radical (unpaired) electrons. The van der Waals surface area contributed by atoms with E-state index in [4.69, 9.17) is 7.85 Å². The highest BCUT2D eigenvalue weighted by Crippen LogP contribution is 2.30. The van der Waals surface area contributed by atoms with Crippen LogP contribution in [0.1, 0.15) is 20.8 Å². The molecule has 0 aliphatic heterocycles. The van der Waals surface area contributed by atoms with Crippen LogP contribution in [0.2, 0.25) is 5.82 Å². The molecule has 0 aromatic carbocycles. The van der Waals surface area contributed by atoms with Gasteiger partial charge in [0, 0.05) is 0 Å². The van der Waals surface area contributed by atoms with Crippen molar-refractivity contribution in [2.45, 2.75) is 26.6 Å². The Labute approximate surface area is 56.0 Å². The fourth-order valence-corrected chi connectivity index (χ4v) is 0.558. The van der Waals surface area contributed by atoms with Gasteiger partial charge in [0.05, 0.1) is 7.85 Å². The molecule has 0 aliphatic rings. The van der Waals surface area contributed by atoms with E-state index in [9.17, 15) is 0 Å². The largest absolute Gasteiger partial charge is 0.137 e. The van der Waals surface area contributed by atoms with E-state index in [1.54, 1.807) is 0 Å². The molecule has 8 heavy (non-hydrogen) atoms. The predicted molar refractivity (Wildman–Crippen MR) is 43.5 cm³/mol. The summed E-state index contributed by atoms with van der Waals surface area (Å²) in [6.45, 7) is 6.39. The molecule has 0 saturated heterocycles. The molecule has 0 bridgehead atoms. The highest BCUT2D eigenvalue weighted by Gasteiger charge is 2.18. The van der Waals surface area contributed by atoms with Crippen LogP contribution in [0, 0.1) is 5.41 Å². The van der Waals surface area contributed by atoms with Crippen molar-refractivity contribution < 1.29 is 0 Å². The molecule has 0 spiro atoms. The third-order valence-corrected chi connectivity index (χ3v) is 2.81. The Kier molecular flexibility index (Phi) is 3.05. The van der Waals surface area contributed by atoms with Crippen LogP contribution in [0.3, 0.4) is 0 Å². The summed E-state index contributed by atoms with van der Waals surface area (Å²) in [6, 6.07) is 0. The topological polar surface area (TPSA) is 0 Å². The molecule has 0 N–H and O–H groups in total. The normalized spacial score (nSPS) is 16.0. The lowest BCUT2D eigenvalue weighted by Gasteiger charge is -2.27. The van der Waals surface area contributed by atoms with Crippen molar-refractivity contribution in [2.75, 3.05) is 6.16 Å². The van der Waals surface area contributed by atoms with Gasteiger partial charge in [-0.05, 0) is 11.6 Å². The maximum Gasteiger partial charge on any atom is 0.0703 e. The first-order valence-corrected chi connectivity index (χ1v) is 3.78. The summed E-state index contributed by atoms with van der Waals surface area (Å²) in [5.41, 5.74) is 0.282. The summed E-state index contributed by atoms with van der Waals surface area (Å²) in [6.07, 6.45) is 1.07. The molecule has 0 fully saturated rings. The molecule has 0 aromatic rings. The Bertz CT molecular complexity index is 68.9. The van der Waals surface area contributed by atoms with Gasteiger partial charge in [0.2, 0.25) is 0 Å². The van der Waals surface area contributed by atoms with Crippen molar-refractivity contribution >= 4 is 17.1 Å². The minimum atomic E-state index is 0.282. The fourth-order valence-electron chi connectivity index (χ4n) is 0.186. The van der Waals surface area contributed by atoms with Crippen molar-refractivity contribution in [2.24, 2.45) is 5.41 Å². The van der Waals surface area contributed by atoms with Gasteiger partial charge in [-0.25, -0.2) is 0 Å². The molecule has 0 heterocycles. The van der Waals surface area contributed by atoms with Gasteiger partial charge in [-0.1, -0.05) is 26.6 Å². The van der Waals surface area contributed by atoms with E-state index < -0.39 is 0 Å². The average Bonchev–Trinajstić information content (AvgIpc) is 1.67. The van der Waals surface area contributed by atoms with Crippen LogP contribution in [0.5, 0.6) is 0 Å². The van der Waals surface area contributed by atoms with Crippen LogP contribution in [0.25, 0.3) is 0 Å². The lowest BCUT2D eigenvalue weighted by atomic mass is 9.70. The molecule has 2 heteroatoms. The Hall–Kier alpha value is 0.495. The Balaban J connectivity index is 3.71. The molecule has 46 valence electrons. The van der Waals surface area contributed by atoms with Crippen LogP contribution < -0.4 is 0 Å². The lowest BCUT2D eigenvalue weighted by Crippen LogP contribution is -2.18. The van der Waals surface area contributed by atoms with Crippen molar-refractivity contribution in [3.05, 3.63) is 0 Å². The van der Waals surface area contributed by atoms with Gasteiger partial charge in [-0.15, -0.1) is 9.24 Å². The summed E-state index contributed by atoms with van der Waals surface area (Å²) < 4.78 is 0. The monoisotopic (exact) mass is 128 g/mol. The van der Waals surface area contributed by atoms with Gasteiger partial charge in [-0.2, -0.15) is 0 Å². The highest BCUT2D eigenvalue weighted by atomic mass is 31.0. The molecule has 0 nitrogen and oxygen atoms in total. The second-order valence-electron chi connectivity index (χ2n) is 2.98. The molecule has 1 unspecified atom stereocenters. The first-order valence-electron chi connectivity index (χ1n) is 2.96. The third-order valence-electron chi connectivity index (χ3n) is 1.76. The Morgan fingerprint density at radius 1 is 1.62 bits per heavy atom. The van der Waals surface area contributed by atoms with E-state index in [1.165, 1.54) is 0 Å². The summed E-state index contributed by atoms with van der Waals surface area (Å²) in [5.74, 6) is 0.292. The van der Waals surface area contributed by atoms with Gasteiger partial charge >= 0.3 is 0 Å². The standard InChI is InChI=1S/C6H14BP/c1-5(7)6(2,3)4-8/h5H,4,8H2,1-3H3/t5-/m0/s1. The van der Waals surface area contributed by atoms with Crippen LogP contribution in [-0.4, -0.2) is 14.0 Å². The van der Waals surface area contributed by atoms with E-state index in [1.807, 2.05) is 6.92 Å². The third kappa shape index (κ3) is 2.18. The van der Waals surface area contributed by atoms with E-state index in [-0.39, 0.29) is 5.41 Å². The fraction of sp³-hybridized carbons (Fsp3) is 1.00. The quantitative estimate of drug-likeness (QED) is 0.393. The van der Waals surface area contributed by atoms with Gasteiger partial charge < -0.3 is 0 Å². The summed E-state index contributed by atoms with van der Waals surface area (Å²) in [5, 5.41) is 0. The van der Waals surface area contributed by atoms with Crippen molar-refractivity contribution in [1.29, 1.82) is 0 Å². The average molecular weight is 128 g/mol. The Morgan fingerprint density at radius 3 is 2.00 bits per heavy atom. The van der Waals surface area contributed by atoms with Gasteiger partial charge in [-0.3, -0.25) is 0 Å². The maximum absolute atomic E-state index is 5.67. The number of hydrogen-bond acceptors (Lipinski definition) is 0. The van der Waals surface area contributed by atoms with Crippen LogP contribution in [0.4, 0.5) is 0 Å². The van der Waals surface area contributed by atoms with Gasteiger partial charge in [0.25, 0.3) is 0 Å². The highest BCUT2D eigenvalue weighted by molar-refractivity contribution is 7.16. The molecular weight excluding hydrogens is 114 g/mol. The second-order valence-corrected chi connectivity index (χ2v) is 3.39. The van der Waals surface area contributed by atoms with Crippen molar-refractivity contribution in [3.63, 3.8) is 0 Å². The zero-order valence-electron chi connectivity index (χ0n) is 5.94. The zero-order chi connectivity index (χ0) is 6.78. The van der Waals surface area contributed by atoms with Gasteiger partial charge in [0.15, 0.2) is 0 Å². The smallest absolute Gasteiger partial charge is 0.0703 e. The van der Waals surface area contributed by atoms with Crippen molar-refractivity contribution in [1.82, 2.24) is 0 Å². The Morgan fingerprint density at radius 2 is 2.00 bits per heavy atom. The van der Waals surface area contributed by atoms with Crippen LogP contribution in [-0.2, 0) is 0 Å². The molecule has 0 saturated carbocycles. The molecular formula is C6H14BP. The van der Waals surface area contributed by atoms with E-state index in [2.05, 4.69) is 23.1 Å². The first-order chi connectivity index (χ1) is 3.50. The van der Waals surface area contributed by atoms with E-state index in [0.717, 1.165) is 6.16 Å². The number of rotatable bonds is 2. The van der Waals surface area contributed by atoms with Crippen molar-refractivity contribution in [3.8, 4) is 0 Å². The molecule has 0 rings (SSSR count). The minimum absolute atomic E-state index is 0.282. The summed E-state index contributed by atoms with van der Waals surface area (Å²) in [4.78, 5) is 0. The molecule has 2 atom stereocenters. The molecule has 0 aliphatic carbocycles. The molecule has 0 aromatic heterocycles. The van der Waals surface area contributed by atoms with E-state index >= 15 is 0 Å². The number of hydrogen-bond donors (Lipinski definition) is 0.